The molecule has 0 aliphatic heterocycles. The third-order valence-electron chi connectivity index (χ3n) is 8.34. The third-order valence-corrected chi connectivity index (χ3v) is 8.34. The Morgan fingerprint density at radius 3 is 2.02 bits per heavy atom. The summed E-state index contributed by atoms with van der Waals surface area (Å²) in [4.78, 5) is 10.2. The molecule has 0 spiro atoms. The highest BCUT2D eigenvalue weighted by Crippen LogP contribution is 2.36. The second kappa shape index (κ2) is 8.48. The van der Waals surface area contributed by atoms with Gasteiger partial charge in [-0.2, -0.15) is 0 Å². The summed E-state index contributed by atoms with van der Waals surface area (Å²) in [5.41, 5.74) is 10.9. The van der Waals surface area contributed by atoms with Crippen molar-refractivity contribution in [3.63, 3.8) is 0 Å². The van der Waals surface area contributed by atoms with Crippen LogP contribution in [0.1, 0.15) is 0 Å². The highest BCUT2D eigenvalue weighted by molar-refractivity contribution is 6.15. The van der Waals surface area contributed by atoms with Crippen molar-refractivity contribution in [2.24, 2.45) is 0 Å². The van der Waals surface area contributed by atoms with E-state index in [-0.39, 0.29) is 0 Å². The van der Waals surface area contributed by atoms with Crippen molar-refractivity contribution < 1.29 is 0 Å². The first-order valence-corrected chi connectivity index (χ1v) is 13.9. The second-order valence-corrected chi connectivity index (χ2v) is 10.7. The van der Waals surface area contributed by atoms with Gasteiger partial charge in [0.15, 0.2) is 0 Å². The molecule has 0 aliphatic rings. The zero-order chi connectivity index (χ0) is 26.9. The largest absolute Gasteiger partial charge is 0.292 e. The van der Waals surface area contributed by atoms with E-state index in [1.807, 2.05) is 6.07 Å². The number of fused-ring (bicyclic) bond motifs is 10. The van der Waals surface area contributed by atoms with Crippen molar-refractivity contribution in [2.45, 2.75) is 0 Å². The highest BCUT2D eigenvalue weighted by atomic mass is 15.0. The minimum atomic E-state index is 0.940. The molecule has 0 aliphatic carbocycles. The summed E-state index contributed by atoms with van der Waals surface area (Å²) in [6, 6.07) is 49.7. The lowest BCUT2D eigenvalue weighted by molar-refractivity contribution is 1.31. The Hall–Kier alpha value is -5.54. The maximum Gasteiger partial charge on any atom is 0.147 e. The van der Waals surface area contributed by atoms with Crippen LogP contribution in [0.4, 0.5) is 0 Å². The molecule has 9 aromatic rings. The Kier molecular flexibility index (Phi) is 4.61. The van der Waals surface area contributed by atoms with E-state index in [0.29, 0.717) is 0 Å². The molecule has 0 saturated heterocycles. The predicted octanol–water partition coefficient (Wildman–Crippen LogP) is 9.83. The minimum Gasteiger partial charge on any atom is -0.292 e. The van der Waals surface area contributed by atoms with Crippen molar-refractivity contribution in [1.82, 2.24) is 14.4 Å². The van der Waals surface area contributed by atoms with Crippen LogP contribution in [-0.4, -0.2) is 14.4 Å². The number of para-hydroxylation sites is 3. The first kappa shape index (κ1) is 22.3. The molecule has 3 heterocycles. The number of rotatable bonds is 2. The Labute approximate surface area is 236 Å². The first-order valence-electron chi connectivity index (χ1n) is 13.9. The van der Waals surface area contributed by atoms with Gasteiger partial charge in [0.2, 0.25) is 0 Å². The number of hydrogen-bond donors (Lipinski definition) is 0. The smallest absolute Gasteiger partial charge is 0.147 e. The Bertz CT molecular complexity index is 2460. The summed E-state index contributed by atoms with van der Waals surface area (Å²) >= 11 is 0. The maximum atomic E-state index is 5.15. The van der Waals surface area contributed by atoms with Gasteiger partial charge in [0.05, 0.1) is 27.6 Å². The van der Waals surface area contributed by atoms with Crippen LogP contribution in [0.5, 0.6) is 0 Å². The summed E-state index contributed by atoms with van der Waals surface area (Å²) in [5, 5.41) is 5.84. The number of aromatic nitrogens is 3. The monoisotopic (exact) mass is 521 g/mol. The molecule has 0 atom stereocenters. The lowest BCUT2D eigenvalue weighted by Crippen LogP contribution is -1.94. The van der Waals surface area contributed by atoms with Gasteiger partial charge in [0.1, 0.15) is 5.65 Å². The van der Waals surface area contributed by atoms with Crippen LogP contribution in [-0.2, 0) is 0 Å². The van der Waals surface area contributed by atoms with Gasteiger partial charge in [-0.1, -0.05) is 109 Å². The summed E-state index contributed by atoms with van der Waals surface area (Å²) in [7, 11) is 0. The van der Waals surface area contributed by atoms with Gasteiger partial charge in [-0.3, -0.25) is 4.40 Å². The number of nitrogens with zero attached hydrogens (tertiary/aromatic N) is 3. The molecule has 0 fully saturated rings. The van der Waals surface area contributed by atoms with Crippen LogP contribution in [0.3, 0.4) is 0 Å². The maximum absolute atomic E-state index is 5.15. The quantitative estimate of drug-likeness (QED) is 0.167. The van der Waals surface area contributed by atoms with Gasteiger partial charge in [0, 0.05) is 16.2 Å². The van der Waals surface area contributed by atoms with Crippen LogP contribution in [0, 0.1) is 0 Å². The van der Waals surface area contributed by atoms with Crippen molar-refractivity contribution in [1.29, 1.82) is 0 Å². The lowest BCUT2D eigenvalue weighted by atomic mass is 9.96. The number of pyridine rings is 2. The van der Waals surface area contributed by atoms with E-state index in [1.165, 1.54) is 33.0 Å². The van der Waals surface area contributed by atoms with Gasteiger partial charge in [0.25, 0.3) is 0 Å². The number of imidazole rings is 1. The average Bonchev–Trinajstić information content (AvgIpc) is 3.44. The first-order chi connectivity index (χ1) is 20.3. The molecule has 190 valence electrons. The SMILES string of the molecule is c1ccc2nc3c4ccc(-c5ccc(-c6cccc7ccccc67)cc5)cc4n4c5ccccc5nc4c3cc2c1. The van der Waals surface area contributed by atoms with Gasteiger partial charge in [-0.05, 0) is 63.4 Å². The molecule has 3 heteroatoms. The molecule has 3 aromatic heterocycles. The van der Waals surface area contributed by atoms with E-state index in [2.05, 4.69) is 138 Å². The molecule has 6 aromatic carbocycles. The van der Waals surface area contributed by atoms with Crippen LogP contribution >= 0.6 is 0 Å². The van der Waals surface area contributed by atoms with Gasteiger partial charge < -0.3 is 0 Å². The molecule has 0 saturated carbocycles. The highest BCUT2D eigenvalue weighted by Gasteiger charge is 2.16. The Morgan fingerprint density at radius 1 is 0.415 bits per heavy atom. The molecule has 0 amide bonds. The molecule has 0 radical (unpaired) electrons. The van der Waals surface area contributed by atoms with Crippen LogP contribution < -0.4 is 0 Å². The molecule has 0 N–H and O–H groups in total. The summed E-state index contributed by atoms with van der Waals surface area (Å²) in [6.45, 7) is 0. The molecule has 0 unspecified atom stereocenters. The summed E-state index contributed by atoms with van der Waals surface area (Å²) in [5.74, 6) is 0. The fourth-order valence-corrected chi connectivity index (χ4v) is 6.36. The predicted molar refractivity (Wildman–Crippen MR) is 171 cm³/mol. The number of benzene rings is 6. The van der Waals surface area contributed by atoms with E-state index in [9.17, 15) is 0 Å². The van der Waals surface area contributed by atoms with E-state index in [0.717, 1.165) is 49.4 Å². The zero-order valence-electron chi connectivity index (χ0n) is 22.1. The van der Waals surface area contributed by atoms with E-state index in [1.54, 1.807) is 0 Å². The molecule has 0 bridgehead atoms. The van der Waals surface area contributed by atoms with Gasteiger partial charge >= 0.3 is 0 Å². The van der Waals surface area contributed by atoms with Crippen LogP contribution in [0.15, 0.2) is 140 Å². The molecular formula is C38H23N3. The standard InChI is InChI=1S/C38H23N3/c1-3-11-29-25(8-1)10-7-12-30(29)26-18-16-24(17-19-26)27-20-21-31-36(23-27)41-35-15-6-5-14-34(35)40-38(41)32-22-28-9-2-4-13-33(28)39-37(31)32/h1-23H. The van der Waals surface area contributed by atoms with E-state index < -0.39 is 0 Å². The lowest BCUT2D eigenvalue weighted by Gasteiger charge is -2.12. The third kappa shape index (κ3) is 3.33. The Balaban J connectivity index is 1.28. The fourth-order valence-electron chi connectivity index (χ4n) is 6.36. The molecule has 41 heavy (non-hydrogen) atoms. The summed E-state index contributed by atoms with van der Waals surface area (Å²) < 4.78 is 2.30. The van der Waals surface area contributed by atoms with Crippen LogP contribution in [0.25, 0.3) is 82.4 Å². The van der Waals surface area contributed by atoms with Crippen molar-refractivity contribution >= 4 is 60.2 Å². The fraction of sp³-hybridized carbons (Fsp3) is 0. The normalized spacial score (nSPS) is 11.9. The zero-order valence-corrected chi connectivity index (χ0v) is 22.1. The van der Waals surface area contributed by atoms with E-state index in [4.69, 9.17) is 9.97 Å². The van der Waals surface area contributed by atoms with E-state index >= 15 is 0 Å². The van der Waals surface area contributed by atoms with Crippen molar-refractivity contribution in [3.8, 4) is 22.3 Å². The number of hydrogen-bond acceptors (Lipinski definition) is 2. The average molecular weight is 522 g/mol. The van der Waals surface area contributed by atoms with Gasteiger partial charge in [-0.25, -0.2) is 9.97 Å². The topological polar surface area (TPSA) is 30.2 Å². The van der Waals surface area contributed by atoms with Crippen LogP contribution in [0.2, 0.25) is 0 Å². The molecule has 3 nitrogen and oxygen atoms in total. The van der Waals surface area contributed by atoms with Gasteiger partial charge in [-0.15, -0.1) is 0 Å². The minimum absolute atomic E-state index is 0.940. The van der Waals surface area contributed by atoms with Crippen molar-refractivity contribution in [2.75, 3.05) is 0 Å². The Morgan fingerprint density at radius 2 is 1.12 bits per heavy atom. The summed E-state index contributed by atoms with van der Waals surface area (Å²) in [6.07, 6.45) is 0. The second-order valence-electron chi connectivity index (χ2n) is 10.7. The molecule has 9 rings (SSSR count). The molecular weight excluding hydrogens is 498 g/mol. The van der Waals surface area contributed by atoms with Crippen molar-refractivity contribution in [3.05, 3.63) is 140 Å².